The second-order valence-corrected chi connectivity index (χ2v) is 6.14. The molecule has 0 saturated carbocycles. The molecule has 6 heteroatoms. The highest BCUT2D eigenvalue weighted by Gasteiger charge is 2.36. The molecule has 24 heavy (non-hydrogen) atoms. The first-order valence-electron chi connectivity index (χ1n) is 8.26. The number of anilines is 1. The standard InChI is InChI=1S/C18H23N3O3/c1-12(19-11-16-5-4-10-24-16)17-13(2)20-21(18(17)22)14-6-8-15(23-3)9-7-14/h6-9,16-17H,4-5,10-11H2,1-3H3/t16-,17-/m0/s1. The molecule has 0 unspecified atom stereocenters. The summed E-state index contributed by atoms with van der Waals surface area (Å²) in [5, 5.41) is 5.87. The average Bonchev–Trinajstić information content (AvgIpc) is 3.21. The van der Waals surface area contributed by atoms with Crippen LogP contribution >= 0.6 is 0 Å². The Kier molecular flexibility index (Phi) is 4.94. The van der Waals surface area contributed by atoms with Gasteiger partial charge in [0.1, 0.15) is 11.7 Å². The van der Waals surface area contributed by atoms with Gasteiger partial charge in [0.05, 0.1) is 31.2 Å². The maximum absolute atomic E-state index is 12.8. The molecule has 2 atom stereocenters. The molecule has 2 heterocycles. The number of carbonyl (C=O) groups is 1. The van der Waals surface area contributed by atoms with Crippen molar-refractivity contribution in [3.8, 4) is 5.75 Å². The first-order valence-corrected chi connectivity index (χ1v) is 8.26. The van der Waals surface area contributed by atoms with Crippen LogP contribution in [0.3, 0.4) is 0 Å². The van der Waals surface area contributed by atoms with Crippen LogP contribution in [0.1, 0.15) is 26.7 Å². The van der Waals surface area contributed by atoms with E-state index in [1.807, 2.05) is 38.1 Å². The largest absolute Gasteiger partial charge is 0.497 e. The van der Waals surface area contributed by atoms with Crippen LogP contribution < -0.4 is 9.75 Å². The second kappa shape index (κ2) is 7.13. The number of benzene rings is 1. The molecule has 6 nitrogen and oxygen atoms in total. The Hall–Kier alpha value is -2.21. The van der Waals surface area contributed by atoms with Crippen molar-refractivity contribution in [3.63, 3.8) is 0 Å². The van der Waals surface area contributed by atoms with Gasteiger partial charge in [-0.25, -0.2) is 0 Å². The lowest BCUT2D eigenvalue weighted by molar-refractivity contribution is -0.118. The second-order valence-electron chi connectivity index (χ2n) is 6.14. The van der Waals surface area contributed by atoms with E-state index in [1.165, 1.54) is 5.01 Å². The molecule has 1 aromatic carbocycles. The van der Waals surface area contributed by atoms with Gasteiger partial charge in [0.2, 0.25) is 0 Å². The Morgan fingerprint density at radius 1 is 1.42 bits per heavy atom. The number of methoxy groups -OCH3 is 1. The van der Waals surface area contributed by atoms with Crippen molar-refractivity contribution in [2.75, 3.05) is 25.3 Å². The highest BCUT2D eigenvalue weighted by molar-refractivity contribution is 6.27. The van der Waals surface area contributed by atoms with E-state index in [2.05, 4.69) is 10.1 Å². The molecule has 0 bridgehead atoms. The van der Waals surface area contributed by atoms with Crippen LogP contribution in [0.2, 0.25) is 0 Å². The van der Waals surface area contributed by atoms with Gasteiger partial charge in [-0.15, -0.1) is 0 Å². The molecule has 1 saturated heterocycles. The van der Waals surface area contributed by atoms with Crippen LogP contribution in [-0.4, -0.2) is 43.7 Å². The topological polar surface area (TPSA) is 63.5 Å². The van der Waals surface area contributed by atoms with Crippen LogP contribution in [0.25, 0.3) is 0 Å². The SMILES string of the molecule is COc1ccc(N2N=C(C)[C@H](C(C)=NC[C@@H]3CCCO3)C2=O)cc1. The summed E-state index contributed by atoms with van der Waals surface area (Å²) in [6.45, 7) is 5.20. The van der Waals surface area contributed by atoms with Crippen molar-refractivity contribution in [2.24, 2.45) is 16.0 Å². The highest BCUT2D eigenvalue weighted by atomic mass is 16.5. The summed E-state index contributed by atoms with van der Waals surface area (Å²) in [7, 11) is 1.61. The van der Waals surface area contributed by atoms with Crippen molar-refractivity contribution in [2.45, 2.75) is 32.8 Å². The summed E-state index contributed by atoms with van der Waals surface area (Å²) in [5.74, 6) is 0.303. The van der Waals surface area contributed by atoms with E-state index in [1.54, 1.807) is 7.11 Å². The number of aliphatic imine (C=N–C) groups is 1. The highest BCUT2D eigenvalue weighted by Crippen LogP contribution is 2.26. The number of carbonyl (C=O) groups excluding carboxylic acids is 1. The third-order valence-corrected chi connectivity index (χ3v) is 4.43. The Morgan fingerprint density at radius 3 is 2.79 bits per heavy atom. The molecule has 0 radical (unpaired) electrons. The monoisotopic (exact) mass is 329 g/mol. The van der Waals surface area contributed by atoms with Crippen molar-refractivity contribution in [1.29, 1.82) is 0 Å². The predicted octanol–water partition coefficient (Wildman–Crippen LogP) is 2.67. The average molecular weight is 329 g/mol. The maximum atomic E-state index is 12.8. The summed E-state index contributed by atoms with van der Waals surface area (Å²) in [5.41, 5.74) is 2.30. The molecule has 3 rings (SSSR count). The summed E-state index contributed by atoms with van der Waals surface area (Å²) in [6.07, 6.45) is 2.32. The minimum absolute atomic E-state index is 0.0637. The van der Waals surface area contributed by atoms with Gasteiger partial charge in [0.25, 0.3) is 5.91 Å². The van der Waals surface area contributed by atoms with Gasteiger partial charge in [0.15, 0.2) is 0 Å². The Balaban J connectivity index is 1.72. The lowest BCUT2D eigenvalue weighted by Crippen LogP contribution is -2.32. The molecule has 0 spiro atoms. The Morgan fingerprint density at radius 2 is 2.17 bits per heavy atom. The third kappa shape index (κ3) is 3.33. The van der Waals surface area contributed by atoms with Gasteiger partial charge in [-0.3, -0.25) is 9.79 Å². The smallest absolute Gasteiger partial charge is 0.261 e. The van der Waals surface area contributed by atoms with Gasteiger partial charge in [-0.1, -0.05) is 0 Å². The minimum Gasteiger partial charge on any atom is -0.497 e. The minimum atomic E-state index is -0.381. The summed E-state index contributed by atoms with van der Waals surface area (Å²) < 4.78 is 10.7. The van der Waals surface area contributed by atoms with Crippen molar-refractivity contribution >= 4 is 23.0 Å². The quantitative estimate of drug-likeness (QED) is 0.780. The summed E-state index contributed by atoms with van der Waals surface area (Å²) in [6, 6.07) is 7.29. The third-order valence-electron chi connectivity index (χ3n) is 4.43. The normalized spacial score (nSPS) is 24.5. The van der Waals surface area contributed by atoms with Crippen LogP contribution in [-0.2, 0) is 9.53 Å². The van der Waals surface area contributed by atoms with Crippen molar-refractivity contribution in [3.05, 3.63) is 24.3 Å². The molecular formula is C18H23N3O3. The zero-order valence-corrected chi connectivity index (χ0v) is 14.4. The van der Waals surface area contributed by atoms with Crippen LogP contribution in [0, 0.1) is 5.92 Å². The molecule has 128 valence electrons. The molecule has 1 aromatic rings. The number of ether oxygens (including phenoxy) is 2. The molecule has 1 fully saturated rings. The lowest BCUT2D eigenvalue weighted by Gasteiger charge is -2.15. The molecule has 0 N–H and O–H groups in total. The van der Waals surface area contributed by atoms with E-state index in [9.17, 15) is 4.79 Å². The molecular weight excluding hydrogens is 306 g/mol. The number of hydrogen-bond donors (Lipinski definition) is 0. The van der Waals surface area contributed by atoms with Gasteiger partial charge in [-0.05, 0) is 51.0 Å². The zero-order chi connectivity index (χ0) is 17.1. The number of nitrogens with zero attached hydrogens (tertiary/aromatic N) is 3. The first kappa shape index (κ1) is 16.6. The Bertz CT molecular complexity index is 661. The molecule has 2 aliphatic rings. The first-order chi connectivity index (χ1) is 11.6. The zero-order valence-electron chi connectivity index (χ0n) is 14.4. The number of hydrazone groups is 1. The van der Waals surface area contributed by atoms with Crippen LogP contribution in [0.15, 0.2) is 34.4 Å². The van der Waals surface area contributed by atoms with Crippen molar-refractivity contribution in [1.82, 2.24) is 0 Å². The lowest BCUT2D eigenvalue weighted by atomic mass is 9.99. The van der Waals surface area contributed by atoms with Crippen molar-refractivity contribution < 1.29 is 14.3 Å². The predicted molar refractivity (Wildman–Crippen MR) is 94.0 cm³/mol. The fraction of sp³-hybridized carbons (Fsp3) is 0.500. The molecule has 0 aromatic heterocycles. The van der Waals surface area contributed by atoms with Gasteiger partial charge >= 0.3 is 0 Å². The van der Waals surface area contributed by atoms with E-state index in [4.69, 9.17) is 9.47 Å². The van der Waals surface area contributed by atoms with Gasteiger partial charge < -0.3 is 9.47 Å². The Labute approximate surface area is 142 Å². The van der Waals surface area contributed by atoms with Crippen LogP contribution in [0.4, 0.5) is 5.69 Å². The number of rotatable bonds is 5. The fourth-order valence-electron chi connectivity index (χ4n) is 3.08. The van der Waals surface area contributed by atoms with Gasteiger partial charge in [-0.2, -0.15) is 10.1 Å². The van der Waals surface area contributed by atoms with E-state index >= 15 is 0 Å². The molecule has 0 aliphatic carbocycles. The molecule has 1 amide bonds. The van der Waals surface area contributed by atoms with E-state index < -0.39 is 0 Å². The number of amides is 1. The van der Waals surface area contributed by atoms with Gasteiger partial charge in [0, 0.05) is 12.3 Å². The number of hydrogen-bond acceptors (Lipinski definition) is 5. The summed E-state index contributed by atoms with van der Waals surface area (Å²) >= 11 is 0. The van der Waals surface area contributed by atoms with E-state index in [0.29, 0.717) is 6.54 Å². The van der Waals surface area contributed by atoms with Crippen LogP contribution in [0.5, 0.6) is 5.75 Å². The van der Waals surface area contributed by atoms with E-state index in [-0.39, 0.29) is 17.9 Å². The maximum Gasteiger partial charge on any atom is 0.261 e. The molecule has 2 aliphatic heterocycles. The fourth-order valence-corrected chi connectivity index (χ4v) is 3.08. The van der Waals surface area contributed by atoms with E-state index in [0.717, 1.165) is 42.3 Å². The summed E-state index contributed by atoms with van der Waals surface area (Å²) in [4.78, 5) is 17.4.